The molecule has 1 amide bonds. The molecule has 1 rings (SSSR count). The van der Waals surface area contributed by atoms with Crippen molar-refractivity contribution < 1.29 is 14.7 Å². The van der Waals surface area contributed by atoms with Gasteiger partial charge in [0, 0.05) is 25.1 Å². The number of amides is 1. The van der Waals surface area contributed by atoms with Crippen LogP contribution < -0.4 is 5.32 Å². The van der Waals surface area contributed by atoms with Crippen molar-refractivity contribution in [3.63, 3.8) is 0 Å². The number of aliphatic carboxylic acids is 1. The number of nitrogens with one attached hydrogen (secondary N) is 1. The molecular formula is C12H16N2O3S. The Balaban J connectivity index is 2.27. The van der Waals surface area contributed by atoms with Crippen LogP contribution in [0.5, 0.6) is 0 Å². The van der Waals surface area contributed by atoms with E-state index in [1.54, 1.807) is 24.2 Å². The topological polar surface area (TPSA) is 79.3 Å². The van der Waals surface area contributed by atoms with Crippen LogP contribution in [-0.2, 0) is 15.3 Å². The zero-order valence-electron chi connectivity index (χ0n) is 10.1. The number of pyridine rings is 1. The van der Waals surface area contributed by atoms with Gasteiger partial charge in [0.25, 0.3) is 0 Å². The highest BCUT2D eigenvalue weighted by atomic mass is 32.2. The molecule has 6 heteroatoms. The first-order valence-electron chi connectivity index (χ1n) is 5.56. The Labute approximate surface area is 110 Å². The van der Waals surface area contributed by atoms with Crippen LogP contribution in [0.2, 0.25) is 0 Å². The fourth-order valence-electron chi connectivity index (χ4n) is 1.37. The molecule has 0 aromatic carbocycles. The maximum atomic E-state index is 10.9. The summed E-state index contributed by atoms with van der Waals surface area (Å²) in [5.74, 6) is 0.186. The molecule has 0 aliphatic heterocycles. The van der Waals surface area contributed by atoms with Crippen molar-refractivity contribution in [1.82, 2.24) is 10.3 Å². The van der Waals surface area contributed by atoms with Crippen LogP contribution in [-0.4, -0.2) is 33.8 Å². The maximum absolute atomic E-state index is 10.9. The lowest BCUT2D eigenvalue weighted by Gasteiger charge is -2.12. The van der Waals surface area contributed by atoms with Gasteiger partial charge in [0.15, 0.2) is 0 Å². The van der Waals surface area contributed by atoms with Crippen LogP contribution in [0.3, 0.4) is 0 Å². The predicted octanol–water partition coefficient (Wildman–Crippen LogP) is 1.29. The first kappa shape index (κ1) is 14.5. The monoisotopic (exact) mass is 268 g/mol. The van der Waals surface area contributed by atoms with E-state index in [4.69, 9.17) is 5.11 Å². The molecule has 0 saturated heterocycles. The van der Waals surface area contributed by atoms with E-state index in [9.17, 15) is 9.59 Å². The predicted molar refractivity (Wildman–Crippen MR) is 70.3 cm³/mol. The minimum atomic E-state index is -0.991. The van der Waals surface area contributed by atoms with E-state index < -0.39 is 12.0 Å². The number of carboxylic acids is 1. The largest absolute Gasteiger partial charge is 0.480 e. The van der Waals surface area contributed by atoms with Gasteiger partial charge in [-0.2, -0.15) is 11.8 Å². The molecule has 0 spiro atoms. The van der Waals surface area contributed by atoms with Gasteiger partial charge in [-0.25, -0.2) is 4.79 Å². The van der Waals surface area contributed by atoms with Gasteiger partial charge in [0.2, 0.25) is 5.91 Å². The van der Waals surface area contributed by atoms with Crippen molar-refractivity contribution in [2.45, 2.75) is 25.1 Å². The fourth-order valence-corrected chi connectivity index (χ4v) is 2.35. The Kier molecular flexibility index (Phi) is 6.21. The molecule has 2 N–H and O–H groups in total. The maximum Gasteiger partial charge on any atom is 0.326 e. The summed E-state index contributed by atoms with van der Waals surface area (Å²) in [4.78, 5) is 25.6. The normalized spacial score (nSPS) is 11.8. The zero-order chi connectivity index (χ0) is 13.4. The Hall–Kier alpha value is -1.56. The number of hydrogen-bond acceptors (Lipinski definition) is 4. The minimum Gasteiger partial charge on any atom is -0.480 e. The summed E-state index contributed by atoms with van der Waals surface area (Å²) >= 11 is 1.64. The lowest BCUT2D eigenvalue weighted by molar-refractivity contribution is -0.141. The number of aromatic nitrogens is 1. The second kappa shape index (κ2) is 7.71. The summed E-state index contributed by atoms with van der Waals surface area (Å²) < 4.78 is 0. The Bertz CT molecular complexity index is 398. The Morgan fingerprint density at radius 3 is 2.67 bits per heavy atom. The zero-order valence-corrected chi connectivity index (χ0v) is 10.9. The van der Waals surface area contributed by atoms with Crippen LogP contribution in [0.4, 0.5) is 0 Å². The summed E-state index contributed by atoms with van der Waals surface area (Å²) in [5, 5.41) is 11.3. The summed E-state index contributed by atoms with van der Waals surface area (Å²) in [5.41, 5.74) is 1.15. The van der Waals surface area contributed by atoms with Crippen LogP contribution in [0.15, 0.2) is 24.5 Å². The van der Waals surface area contributed by atoms with Gasteiger partial charge in [0.05, 0.1) is 0 Å². The van der Waals surface area contributed by atoms with E-state index in [0.717, 1.165) is 11.3 Å². The number of rotatable bonds is 7. The molecule has 98 valence electrons. The summed E-state index contributed by atoms with van der Waals surface area (Å²) in [6, 6.07) is 3.05. The highest BCUT2D eigenvalue weighted by Crippen LogP contribution is 2.13. The molecule has 0 radical (unpaired) electrons. The quantitative estimate of drug-likeness (QED) is 0.729. The smallest absolute Gasteiger partial charge is 0.326 e. The molecule has 1 atom stereocenters. The van der Waals surface area contributed by atoms with Gasteiger partial charge >= 0.3 is 5.97 Å². The van der Waals surface area contributed by atoms with Crippen LogP contribution in [0.25, 0.3) is 0 Å². The molecule has 0 aliphatic rings. The van der Waals surface area contributed by atoms with Gasteiger partial charge in [0.1, 0.15) is 6.04 Å². The van der Waals surface area contributed by atoms with E-state index in [0.29, 0.717) is 12.2 Å². The molecular weight excluding hydrogens is 252 g/mol. The van der Waals surface area contributed by atoms with Gasteiger partial charge in [-0.1, -0.05) is 0 Å². The highest BCUT2D eigenvalue weighted by Gasteiger charge is 2.17. The van der Waals surface area contributed by atoms with E-state index in [1.807, 2.05) is 12.1 Å². The molecule has 1 aromatic heterocycles. The first-order valence-corrected chi connectivity index (χ1v) is 6.71. The van der Waals surface area contributed by atoms with E-state index in [1.165, 1.54) is 6.92 Å². The molecule has 1 unspecified atom stereocenters. The minimum absolute atomic E-state index is 0.318. The average molecular weight is 268 g/mol. The van der Waals surface area contributed by atoms with Crippen LogP contribution >= 0.6 is 11.8 Å². The van der Waals surface area contributed by atoms with Crippen molar-refractivity contribution in [3.05, 3.63) is 30.1 Å². The summed E-state index contributed by atoms with van der Waals surface area (Å²) in [6.07, 6.45) is 3.88. The summed E-state index contributed by atoms with van der Waals surface area (Å²) in [6.45, 7) is 1.32. The van der Waals surface area contributed by atoms with Gasteiger partial charge in [-0.3, -0.25) is 9.78 Å². The molecule has 5 nitrogen and oxygen atoms in total. The third-order valence-corrected chi connectivity index (χ3v) is 3.31. The number of nitrogens with zero attached hydrogens (tertiary/aromatic N) is 1. The molecule has 0 bridgehead atoms. The second-order valence-electron chi connectivity index (χ2n) is 3.79. The Morgan fingerprint density at radius 2 is 2.11 bits per heavy atom. The van der Waals surface area contributed by atoms with Crippen molar-refractivity contribution in [2.24, 2.45) is 0 Å². The average Bonchev–Trinajstić information content (AvgIpc) is 2.33. The number of hydrogen-bond donors (Lipinski definition) is 2. The third kappa shape index (κ3) is 5.67. The first-order chi connectivity index (χ1) is 8.59. The van der Waals surface area contributed by atoms with Crippen LogP contribution in [0.1, 0.15) is 18.9 Å². The summed E-state index contributed by atoms with van der Waals surface area (Å²) in [7, 11) is 0. The van der Waals surface area contributed by atoms with E-state index in [2.05, 4.69) is 10.3 Å². The standard InChI is InChI=1S/C12H16N2O3S/c1-9(15)14-11(12(16)17)4-7-18-8-10-2-5-13-6-3-10/h2-3,5-6,11H,4,7-8H2,1H3,(H,14,15)(H,16,17). The number of carbonyl (C=O) groups is 2. The van der Waals surface area contributed by atoms with Crippen molar-refractivity contribution in [1.29, 1.82) is 0 Å². The van der Waals surface area contributed by atoms with Gasteiger partial charge in [-0.05, 0) is 29.9 Å². The number of carbonyl (C=O) groups excluding carboxylic acids is 1. The highest BCUT2D eigenvalue weighted by molar-refractivity contribution is 7.98. The van der Waals surface area contributed by atoms with Gasteiger partial charge in [-0.15, -0.1) is 0 Å². The lowest BCUT2D eigenvalue weighted by atomic mass is 10.2. The number of thioether (sulfide) groups is 1. The molecule has 18 heavy (non-hydrogen) atoms. The second-order valence-corrected chi connectivity index (χ2v) is 4.89. The number of carboxylic acid groups (broad SMARTS) is 1. The van der Waals surface area contributed by atoms with Crippen molar-refractivity contribution in [3.8, 4) is 0 Å². The SMILES string of the molecule is CC(=O)NC(CCSCc1ccncc1)C(=O)O. The Morgan fingerprint density at radius 1 is 1.44 bits per heavy atom. The molecule has 0 saturated carbocycles. The molecule has 1 aromatic rings. The van der Waals surface area contributed by atoms with Gasteiger partial charge < -0.3 is 10.4 Å². The van der Waals surface area contributed by atoms with E-state index >= 15 is 0 Å². The van der Waals surface area contributed by atoms with Crippen molar-refractivity contribution in [2.75, 3.05) is 5.75 Å². The van der Waals surface area contributed by atoms with E-state index in [-0.39, 0.29) is 5.91 Å². The lowest BCUT2D eigenvalue weighted by Crippen LogP contribution is -2.39. The molecule has 1 heterocycles. The molecule has 0 fully saturated rings. The van der Waals surface area contributed by atoms with Crippen molar-refractivity contribution >= 4 is 23.6 Å². The molecule has 0 aliphatic carbocycles. The van der Waals surface area contributed by atoms with Crippen LogP contribution in [0, 0.1) is 0 Å². The fraction of sp³-hybridized carbons (Fsp3) is 0.417. The third-order valence-electron chi connectivity index (χ3n) is 2.24.